The van der Waals surface area contributed by atoms with Gasteiger partial charge in [0, 0.05) is 30.8 Å². The molecule has 0 aliphatic carbocycles. The second-order valence-electron chi connectivity index (χ2n) is 5.90. The zero-order chi connectivity index (χ0) is 19.1. The van der Waals surface area contributed by atoms with Crippen molar-refractivity contribution in [2.45, 2.75) is 18.6 Å². The fourth-order valence-electron chi connectivity index (χ4n) is 2.45. The molecule has 0 atom stereocenters. The summed E-state index contributed by atoms with van der Waals surface area (Å²) in [5, 5.41) is 12.1. The van der Waals surface area contributed by atoms with E-state index in [1.54, 1.807) is 19.5 Å². The normalized spacial score (nSPS) is 10.7. The Labute approximate surface area is 162 Å². The lowest BCUT2D eigenvalue weighted by molar-refractivity contribution is -0.113. The lowest BCUT2D eigenvalue weighted by Gasteiger charge is -2.10. The molecule has 0 bridgehead atoms. The number of carbonyl (C=O) groups is 1. The molecule has 0 aliphatic heterocycles. The SMILES string of the molecule is COCCn1c(SCC(=O)Nc2ccc(C)cc2)nnc1-c1cccnc1. The van der Waals surface area contributed by atoms with E-state index >= 15 is 0 Å². The summed E-state index contributed by atoms with van der Waals surface area (Å²) in [4.78, 5) is 16.4. The smallest absolute Gasteiger partial charge is 0.234 e. The third kappa shape index (κ3) is 5.15. The molecule has 1 aromatic carbocycles. The van der Waals surface area contributed by atoms with Crippen LogP contribution in [0.4, 0.5) is 5.69 Å². The summed E-state index contributed by atoms with van der Waals surface area (Å²) in [7, 11) is 1.65. The molecule has 27 heavy (non-hydrogen) atoms. The van der Waals surface area contributed by atoms with E-state index in [1.807, 2.05) is 47.9 Å². The van der Waals surface area contributed by atoms with Gasteiger partial charge in [-0.3, -0.25) is 14.3 Å². The molecule has 2 aromatic heterocycles. The van der Waals surface area contributed by atoms with Crippen LogP contribution in [-0.4, -0.2) is 45.1 Å². The highest BCUT2D eigenvalue weighted by molar-refractivity contribution is 7.99. The van der Waals surface area contributed by atoms with E-state index in [0.717, 1.165) is 16.8 Å². The van der Waals surface area contributed by atoms with Gasteiger partial charge in [-0.25, -0.2) is 0 Å². The molecule has 0 radical (unpaired) electrons. The number of methoxy groups -OCH3 is 1. The third-order valence-corrected chi connectivity index (χ3v) is 4.79. The highest BCUT2D eigenvalue weighted by Crippen LogP contribution is 2.23. The average molecular weight is 383 g/mol. The predicted octanol–water partition coefficient (Wildman–Crippen LogP) is 3.03. The van der Waals surface area contributed by atoms with E-state index in [1.165, 1.54) is 11.8 Å². The molecule has 0 saturated heterocycles. The Kier molecular flexibility index (Phi) is 6.56. The number of pyridine rings is 1. The maximum atomic E-state index is 12.2. The van der Waals surface area contributed by atoms with Gasteiger partial charge in [-0.1, -0.05) is 29.5 Å². The van der Waals surface area contributed by atoms with Gasteiger partial charge in [0.25, 0.3) is 0 Å². The number of rotatable bonds is 8. The van der Waals surface area contributed by atoms with E-state index < -0.39 is 0 Å². The van der Waals surface area contributed by atoms with E-state index in [0.29, 0.717) is 24.1 Å². The summed E-state index contributed by atoms with van der Waals surface area (Å²) in [6.07, 6.45) is 3.45. The maximum absolute atomic E-state index is 12.2. The monoisotopic (exact) mass is 383 g/mol. The summed E-state index contributed by atoms with van der Waals surface area (Å²) in [6, 6.07) is 11.5. The van der Waals surface area contributed by atoms with Crippen molar-refractivity contribution in [2.75, 3.05) is 24.8 Å². The van der Waals surface area contributed by atoms with Crippen molar-refractivity contribution in [2.24, 2.45) is 0 Å². The summed E-state index contributed by atoms with van der Waals surface area (Å²) < 4.78 is 7.14. The van der Waals surface area contributed by atoms with Crippen molar-refractivity contribution in [1.82, 2.24) is 19.7 Å². The fourth-order valence-corrected chi connectivity index (χ4v) is 3.22. The van der Waals surface area contributed by atoms with Crippen molar-refractivity contribution in [3.63, 3.8) is 0 Å². The van der Waals surface area contributed by atoms with E-state index in [2.05, 4.69) is 20.5 Å². The lowest BCUT2D eigenvalue weighted by atomic mass is 10.2. The largest absolute Gasteiger partial charge is 0.383 e. The zero-order valence-corrected chi connectivity index (χ0v) is 16.1. The van der Waals surface area contributed by atoms with Crippen LogP contribution in [-0.2, 0) is 16.1 Å². The maximum Gasteiger partial charge on any atom is 0.234 e. The number of hydrogen-bond donors (Lipinski definition) is 1. The van der Waals surface area contributed by atoms with Crippen LogP contribution in [0, 0.1) is 6.92 Å². The first kappa shape index (κ1) is 19.1. The van der Waals surface area contributed by atoms with Gasteiger partial charge in [0.2, 0.25) is 5.91 Å². The summed E-state index contributed by atoms with van der Waals surface area (Å²) in [6.45, 7) is 3.12. The first-order valence-electron chi connectivity index (χ1n) is 8.49. The Morgan fingerprint density at radius 3 is 2.74 bits per heavy atom. The van der Waals surface area contributed by atoms with Gasteiger partial charge in [-0.2, -0.15) is 0 Å². The highest BCUT2D eigenvalue weighted by atomic mass is 32.2. The summed E-state index contributed by atoms with van der Waals surface area (Å²) in [5.74, 6) is 0.862. The van der Waals surface area contributed by atoms with Crippen LogP contribution in [0.15, 0.2) is 53.9 Å². The lowest BCUT2D eigenvalue weighted by Crippen LogP contribution is -2.15. The summed E-state index contributed by atoms with van der Waals surface area (Å²) >= 11 is 1.34. The molecule has 1 amide bonds. The molecule has 8 heteroatoms. The minimum atomic E-state index is -0.0897. The number of amides is 1. The second kappa shape index (κ2) is 9.29. The number of thioether (sulfide) groups is 1. The van der Waals surface area contributed by atoms with Gasteiger partial charge in [-0.05, 0) is 31.2 Å². The van der Waals surface area contributed by atoms with Crippen molar-refractivity contribution in [1.29, 1.82) is 0 Å². The van der Waals surface area contributed by atoms with Crippen LogP contribution in [0.1, 0.15) is 5.56 Å². The minimum Gasteiger partial charge on any atom is -0.383 e. The number of hydrogen-bond acceptors (Lipinski definition) is 6. The molecule has 3 aromatic rings. The van der Waals surface area contributed by atoms with Crippen LogP contribution in [0.2, 0.25) is 0 Å². The first-order valence-corrected chi connectivity index (χ1v) is 9.48. The molecular formula is C19H21N5O2S. The summed E-state index contributed by atoms with van der Waals surface area (Å²) in [5.41, 5.74) is 2.80. The second-order valence-corrected chi connectivity index (χ2v) is 6.84. The van der Waals surface area contributed by atoms with Crippen LogP contribution in [0.25, 0.3) is 11.4 Å². The Hall–Kier alpha value is -2.71. The van der Waals surface area contributed by atoms with Crippen LogP contribution in [0.5, 0.6) is 0 Å². The Morgan fingerprint density at radius 1 is 1.22 bits per heavy atom. The molecule has 3 rings (SSSR count). The molecule has 0 spiro atoms. The number of aryl methyl sites for hydroxylation is 1. The van der Waals surface area contributed by atoms with Gasteiger partial charge in [0.15, 0.2) is 11.0 Å². The average Bonchev–Trinajstić information content (AvgIpc) is 3.10. The third-order valence-electron chi connectivity index (χ3n) is 3.82. The number of nitrogens with one attached hydrogen (secondary N) is 1. The molecule has 140 valence electrons. The molecule has 0 fully saturated rings. The van der Waals surface area contributed by atoms with Crippen molar-refractivity contribution < 1.29 is 9.53 Å². The van der Waals surface area contributed by atoms with Gasteiger partial charge in [-0.15, -0.1) is 10.2 Å². The topological polar surface area (TPSA) is 81.9 Å². The Morgan fingerprint density at radius 2 is 2.04 bits per heavy atom. The number of ether oxygens (including phenoxy) is 1. The van der Waals surface area contributed by atoms with Crippen LogP contribution >= 0.6 is 11.8 Å². The minimum absolute atomic E-state index is 0.0897. The van der Waals surface area contributed by atoms with Gasteiger partial charge >= 0.3 is 0 Å². The predicted molar refractivity (Wildman–Crippen MR) is 106 cm³/mol. The number of aromatic nitrogens is 4. The van der Waals surface area contributed by atoms with Gasteiger partial charge < -0.3 is 10.1 Å². The van der Waals surface area contributed by atoms with Crippen molar-refractivity contribution in [3.05, 3.63) is 54.4 Å². The van der Waals surface area contributed by atoms with Crippen LogP contribution in [0.3, 0.4) is 0 Å². The van der Waals surface area contributed by atoms with Crippen molar-refractivity contribution in [3.8, 4) is 11.4 Å². The number of anilines is 1. The Bertz CT molecular complexity index is 881. The molecule has 7 nitrogen and oxygen atoms in total. The van der Waals surface area contributed by atoms with E-state index in [-0.39, 0.29) is 11.7 Å². The molecule has 0 aliphatic rings. The number of benzene rings is 1. The van der Waals surface area contributed by atoms with Crippen molar-refractivity contribution >= 4 is 23.4 Å². The Balaban J connectivity index is 1.69. The van der Waals surface area contributed by atoms with E-state index in [9.17, 15) is 4.79 Å². The van der Waals surface area contributed by atoms with E-state index in [4.69, 9.17) is 4.74 Å². The highest BCUT2D eigenvalue weighted by Gasteiger charge is 2.15. The molecule has 2 heterocycles. The van der Waals surface area contributed by atoms with Gasteiger partial charge in [0.05, 0.1) is 18.9 Å². The number of carbonyl (C=O) groups excluding carboxylic acids is 1. The molecule has 1 N–H and O–H groups in total. The standard InChI is InChI=1S/C19H21N5O2S/c1-14-5-7-16(8-6-14)21-17(25)13-27-19-23-22-18(24(19)10-11-26-2)15-4-3-9-20-12-15/h3-9,12H,10-11,13H2,1-2H3,(H,21,25). The molecular weight excluding hydrogens is 362 g/mol. The zero-order valence-electron chi connectivity index (χ0n) is 15.3. The van der Waals surface area contributed by atoms with Crippen LogP contribution < -0.4 is 5.32 Å². The quantitative estimate of drug-likeness (QED) is 0.602. The first-order chi connectivity index (χ1) is 13.2. The number of nitrogens with zero attached hydrogens (tertiary/aromatic N) is 4. The fraction of sp³-hybridized carbons (Fsp3) is 0.263. The van der Waals surface area contributed by atoms with Gasteiger partial charge in [0.1, 0.15) is 0 Å². The molecule has 0 unspecified atom stereocenters. The molecule has 0 saturated carbocycles.